The highest BCUT2D eigenvalue weighted by Gasteiger charge is 2.15. The molecule has 7 nitrogen and oxygen atoms in total. The molecule has 0 fully saturated rings. The Morgan fingerprint density at radius 1 is 1.20 bits per heavy atom. The fourth-order valence-electron chi connectivity index (χ4n) is 1.70. The molecule has 0 radical (unpaired) electrons. The van der Waals surface area contributed by atoms with E-state index in [4.69, 9.17) is 11.6 Å². The van der Waals surface area contributed by atoms with Gasteiger partial charge >= 0.3 is 0 Å². The van der Waals surface area contributed by atoms with Crippen molar-refractivity contribution in [3.8, 4) is 5.95 Å². The van der Waals surface area contributed by atoms with Gasteiger partial charge in [0.1, 0.15) is 0 Å². The first kappa shape index (κ1) is 14.5. The molecule has 0 saturated heterocycles. The number of halogens is 1. The van der Waals surface area contributed by atoms with Crippen LogP contribution in [0.3, 0.4) is 0 Å². The second-order valence-electron chi connectivity index (χ2n) is 4.58. The number of hydrogen-bond donors (Lipinski definition) is 1. The van der Waals surface area contributed by atoms with E-state index in [9.17, 15) is 0 Å². The van der Waals surface area contributed by atoms with E-state index in [1.54, 1.807) is 4.68 Å². The summed E-state index contributed by atoms with van der Waals surface area (Å²) in [6.45, 7) is 6.45. The second kappa shape index (κ2) is 5.62. The third-order valence-corrected chi connectivity index (χ3v) is 3.29. The molecule has 0 saturated carbocycles. The molecule has 2 heterocycles. The van der Waals surface area contributed by atoms with Gasteiger partial charge in [0.05, 0.1) is 16.4 Å². The van der Waals surface area contributed by atoms with Crippen LogP contribution in [0.25, 0.3) is 5.95 Å². The number of aryl methyl sites for hydroxylation is 1. The van der Waals surface area contributed by atoms with Crippen molar-refractivity contribution >= 4 is 23.5 Å². The van der Waals surface area contributed by atoms with E-state index in [2.05, 4.69) is 25.4 Å². The van der Waals surface area contributed by atoms with E-state index >= 15 is 0 Å². The van der Waals surface area contributed by atoms with Crippen LogP contribution in [0.2, 0.25) is 5.02 Å². The van der Waals surface area contributed by atoms with E-state index < -0.39 is 0 Å². The summed E-state index contributed by atoms with van der Waals surface area (Å²) in [7, 11) is 3.76. The summed E-state index contributed by atoms with van der Waals surface area (Å²) in [6.07, 6.45) is 0. The Bertz CT molecular complexity index is 621. The van der Waals surface area contributed by atoms with Gasteiger partial charge in [0.15, 0.2) is 0 Å². The van der Waals surface area contributed by atoms with E-state index in [1.165, 1.54) is 0 Å². The maximum Gasteiger partial charge on any atom is 0.257 e. The quantitative estimate of drug-likeness (QED) is 0.928. The van der Waals surface area contributed by atoms with Gasteiger partial charge in [-0.3, -0.25) is 0 Å². The largest absolute Gasteiger partial charge is 0.354 e. The fourth-order valence-corrected chi connectivity index (χ4v) is 1.82. The lowest BCUT2D eigenvalue weighted by molar-refractivity contribution is 0.760. The van der Waals surface area contributed by atoms with Gasteiger partial charge in [0, 0.05) is 20.6 Å². The highest BCUT2D eigenvalue weighted by molar-refractivity contribution is 6.31. The van der Waals surface area contributed by atoms with Crippen LogP contribution >= 0.6 is 11.6 Å². The Balaban J connectivity index is 2.57. The van der Waals surface area contributed by atoms with Crippen LogP contribution in [0.1, 0.15) is 18.3 Å². The predicted octanol–water partition coefficient (Wildman–Crippen LogP) is 1.83. The second-order valence-corrected chi connectivity index (χ2v) is 4.96. The lowest BCUT2D eigenvalue weighted by Gasteiger charge is -2.13. The molecule has 20 heavy (non-hydrogen) atoms. The van der Waals surface area contributed by atoms with Gasteiger partial charge in [-0.25, -0.2) is 4.68 Å². The van der Waals surface area contributed by atoms with Crippen LogP contribution < -0.4 is 10.2 Å². The molecule has 0 aliphatic rings. The lowest BCUT2D eigenvalue weighted by atomic mass is 10.4. The normalized spacial score (nSPS) is 10.7. The van der Waals surface area contributed by atoms with Crippen molar-refractivity contribution in [2.24, 2.45) is 0 Å². The minimum absolute atomic E-state index is 0.451. The Kier molecular flexibility index (Phi) is 4.08. The third kappa shape index (κ3) is 2.67. The topological polar surface area (TPSA) is 71.8 Å². The van der Waals surface area contributed by atoms with Crippen LogP contribution in [0.15, 0.2) is 0 Å². The lowest BCUT2D eigenvalue weighted by Crippen LogP contribution is -2.18. The molecule has 2 aromatic rings. The summed E-state index contributed by atoms with van der Waals surface area (Å²) in [5.41, 5.74) is 1.56. The Labute approximate surface area is 123 Å². The van der Waals surface area contributed by atoms with Crippen LogP contribution in [-0.2, 0) is 0 Å². The van der Waals surface area contributed by atoms with Crippen molar-refractivity contribution in [1.82, 2.24) is 24.7 Å². The minimum atomic E-state index is 0.451. The van der Waals surface area contributed by atoms with Crippen molar-refractivity contribution in [3.05, 3.63) is 16.4 Å². The summed E-state index contributed by atoms with van der Waals surface area (Å²) in [5.74, 6) is 1.53. The molecule has 2 aromatic heterocycles. The highest BCUT2D eigenvalue weighted by atomic mass is 35.5. The van der Waals surface area contributed by atoms with Gasteiger partial charge < -0.3 is 10.2 Å². The van der Waals surface area contributed by atoms with Crippen molar-refractivity contribution in [3.63, 3.8) is 0 Å². The van der Waals surface area contributed by atoms with Crippen LogP contribution in [0, 0.1) is 13.8 Å². The maximum atomic E-state index is 6.17. The van der Waals surface area contributed by atoms with Crippen molar-refractivity contribution in [1.29, 1.82) is 0 Å². The Hall–Kier alpha value is -1.89. The molecular weight excluding hydrogens is 278 g/mol. The van der Waals surface area contributed by atoms with Crippen molar-refractivity contribution < 1.29 is 0 Å². The summed E-state index contributed by atoms with van der Waals surface area (Å²) in [5, 5.41) is 8.08. The fraction of sp³-hybridized carbons (Fsp3) is 0.500. The zero-order chi connectivity index (χ0) is 14.9. The van der Waals surface area contributed by atoms with E-state index in [-0.39, 0.29) is 0 Å². The molecule has 108 valence electrons. The van der Waals surface area contributed by atoms with Crippen LogP contribution in [-0.4, -0.2) is 45.4 Å². The molecule has 1 N–H and O–H groups in total. The minimum Gasteiger partial charge on any atom is -0.354 e. The average molecular weight is 296 g/mol. The standard InChI is InChI=1S/C12H18ClN7/c1-6-14-10-15-11(19(4)5)17-12(16-10)20-8(3)9(13)7(2)18-20/h6H2,1-5H3,(H,14,15,16,17). The number of aromatic nitrogens is 5. The zero-order valence-electron chi connectivity index (χ0n) is 12.3. The van der Waals surface area contributed by atoms with Gasteiger partial charge in [0.25, 0.3) is 5.95 Å². The third-order valence-electron chi connectivity index (χ3n) is 2.74. The molecule has 8 heteroatoms. The van der Waals surface area contributed by atoms with Gasteiger partial charge in [-0.2, -0.15) is 20.1 Å². The molecular formula is C12H18ClN7. The van der Waals surface area contributed by atoms with Gasteiger partial charge in [-0.1, -0.05) is 11.6 Å². The van der Waals surface area contributed by atoms with Crippen LogP contribution in [0.5, 0.6) is 0 Å². The molecule has 0 bridgehead atoms. The number of nitrogens with zero attached hydrogens (tertiary/aromatic N) is 6. The first-order valence-electron chi connectivity index (χ1n) is 6.33. The summed E-state index contributed by atoms with van der Waals surface area (Å²) in [6, 6.07) is 0. The summed E-state index contributed by atoms with van der Waals surface area (Å²) >= 11 is 6.17. The van der Waals surface area contributed by atoms with Gasteiger partial charge in [-0.05, 0) is 20.8 Å². The molecule has 0 amide bonds. The monoisotopic (exact) mass is 295 g/mol. The Morgan fingerprint density at radius 3 is 2.40 bits per heavy atom. The molecule has 0 unspecified atom stereocenters. The predicted molar refractivity (Wildman–Crippen MR) is 79.9 cm³/mol. The highest BCUT2D eigenvalue weighted by Crippen LogP contribution is 2.21. The first-order chi connectivity index (χ1) is 9.43. The summed E-state index contributed by atoms with van der Waals surface area (Å²) in [4.78, 5) is 14.9. The maximum absolute atomic E-state index is 6.17. The number of rotatable bonds is 4. The molecule has 2 rings (SSSR count). The van der Waals surface area contributed by atoms with Crippen LogP contribution in [0.4, 0.5) is 11.9 Å². The number of nitrogens with one attached hydrogen (secondary N) is 1. The van der Waals surface area contributed by atoms with Crippen molar-refractivity contribution in [2.45, 2.75) is 20.8 Å². The number of hydrogen-bond acceptors (Lipinski definition) is 6. The molecule has 0 aromatic carbocycles. The van der Waals surface area contributed by atoms with Crippen molar-refractivity contribution in [2.75, 3.05) is 30.9 Å². The van der Waals surface area contributed by atoms with E-state index in [0.29, 0.717) is 22.9 Å². The SMILES string of the molecule is CCNc1nc(N(C)C)nc(-n2nc(C)c(Cl)c2C)n1. The Morgan fingerprint density at radius 2 is 1.90 bits per heavy atom. The zero-order valence-corrected chi connectivity index (χ0v) is 13.0. The van der Waals surface area contributed by atoms with E-state index in [0.717, 1.165) is 17.9 Å². The number of anilines is 2. The summed E-state index contributed by atoms with van der Waals surface area (Å²) < 4.78 is 1.63. The molecule has 0 spiro atoms. The molecule has 0 atom stereocenters. The van der Waals surface area contributed by atoms with E-state index in [1.807, 2.05) is 39.8 Å². The first-order valence-corrected chi connectivity index (χ1v) is 6.71. The average Bonchev–Trinajstić information content (AvgIpc) is 2.66. The van der Waals surface area contributed by atoms with Gasteiger partial charge in [-0.15, -0.1) is 0 Å². The van der Waals surface area contributed by atoms with Gasteiger partial charge in [0.2, 0.25) is 11.9 Å². The molecule has 0 aliphatic heterocycles. The smallest absolute Gasteiger partial charge is 0.257 e. The molecule has 0 aliphatic carbocycles.